The molecule has 0 spiro atoms. The van der Waals surface area contributed by atoms with E-state index in [0.29, 0.717) is 6.42 Å². The standard InChI is InChI=1S/C14H24N2O3/c1-13(2,3)19-12(18)16-10(11(17)15-6)8-7-9-14(16,4)5/h10H,6-9H2,1-5H3. The lowest BCUT2D eigenvalue weighted by Gasteiger charge is -2.46. The highest BCUT2D eigenvalue weighted by molar-refractivity contribution is 5.89. The van der Waals surface area contributed by atoms with Gasteiger partial charge in [-0.3, -0.25) is 9.69 Å². The van der Waals surface area contributed by atoms with E-state index >= 15 is 0 Å². The number of piperidine rings is 1. The summed E-state index contributed by atoms with van der Waals surface area (Å²) < 4.78 is 5.41. The summed E-state index contributed by atoms with van der Waals surface area (Å²) in [5, 5.41) is 0. The third-order valence-corrected chi connectivity index (χ3v) is 3.26. The van der Waals surface area contributed by atoms with Gasteiger partial charge in [-0.25, -0.2) is 9.79 Å². The lowest BCUT2D eigenvalue weighted by Crippen LogP contribution is -2.59. The third kappa shape index (κ3) is 3.78. The zero-order valence-corrected chi connectivity index (χ0v) is 12.5. The molecule has 2 amide bonds. The lowest BCUT2D eigenvalue weighted by molar-refractivity contribution is -0.127. The van der Waals surface area contributed by atoms with Gasteiger partial charge in [-0.05, 0) is 60.6 Å². The zero-order valence-electron chi connectivity index (χ0n) is 12.5. The van der Waals surface area contributed by atoms with Crippen molar-refractivity contribution in [1.29, 1.82) is 0 Å². The van der Waals surface area contributed by atoms with Crippen LogP contribution in [0.2, 0.25) is 0 Å². The molecule has 19 heavy (non-hydrogen) atoms. The van der Waals surface area contributed by atoms with E-state index in [9.17, 15) is 9.59 Å². The summed E-state index contributed by atoms with van der Waals surface area (Å²) >= 11 is 0. The summed E-state index contributed by atoms with van der Waals surface area (Å²) in [5.74, 6) is -0.362. The SMILES string of the molecule is C=NC(=O)C1CCCC(C)(C)N1C(=O)OC(C)(C)C. The highest BCUT2D eigenvalue weighted by Gasteiger charge is 2.44. The van der Waals surface area contributed by atoms with Gasteiger partial charge in [0.05, 0.1) is 0 Å². The molecule has 1 saturated heterocycles. The molecule has 0 aromatic rings. The van der Waals surface area contributed by atoms with Gasteiger partial charge in [-0.2, -0.15) is 0 Å². The topological polar surface area (TPSA) is 59.0 Å². The molecule has 0 aliphatic carbocycles. The predicted octanol–water partition coefficient (Wildman–Crippen LogP) is 2.78. The van der Waals surface area contributed by atoms with Crippen LogP contribution in [0.15, 0.2) is 4.99 Å². The summed E-state index contributed by atoms with van der Waals surface area (Å²) in [7, 11) is 0. The Morgan fingerprint density at radius 1 is 1.37 bits per heavy atom. The van der Waals surface area contributed by atoms with E-state index in [0.717, 1.165) is 12.8 Å². The van der Waals surface area contributed by atoms with Crippen LogP contribution in [0.25, 0.3) is 0 Å². The number of likely N-dealkylation sites (tertiary alicyclic amines) is 1. The summed E-state index contributed by atoms with van der Waals surface area (Å²) in [5.41, 5.74) is -0.995. The Balaban J connectivity index is 3.02. The van der Waals surface area contributed by atoms with Gasteiger partial charge in [0.1, 0.15) is 11.6 Å². The van der Waals surface area contributed by atoms with Crippen molar-refractivity contribution in [2.45, 2.75) is 71.1 Å². The van der Waals surface area contributed by atoms with Crippen LogP contribution in [0, 0.1) is 0 Å². The molecule has 0 bridgehead atoms. The second-order valence-corrected chi connectivity index (χ2v) is 6.57. The molecule has 1 atom stereocenters. The first-order valence-electron chi connectivity index (χ1n) is 6.61. The van der Waals surface area contributed by atoms with Gasteiger partial charge in [0, 0.05) is 5.54 Å². The maximum absolute atomic E-state index is 12.3. The molecule has 0 radical (unpaired) electrons. The highest BCUT2D eigenvalue weighted by Crippen LogP contribution is 2.33. The first kappa shape index (κ1) is 15.7. The Hall–Kier alpha value is -1.39. The summed E-state index contributed by atoms with van der Waals surface area (Å²) in [6.45, 7) is 12.6. The van der Waals surface area contributed by atoms with E-state index < -0.39 is 23.3 Å². The second-order valence-electron chi connectivity index (χ2n) is 6.57. The van der Waals surface area contributed by atoms with E-state index in [4.69, 9.17) is 4.74 Å². The van der Waals surface area contributed by atoms with Crippen molar-refractivity contribution < 1.29 is 14.3 Å². The Morgan fingerprint density at radius 3 is 2.42 bits per heavy atom. The number of carbonyl (C=O) groups is 2. The molecule has 5 nitrogen and oxygen atoms in total. The molecule has 0 aromatic heterocycles. The van der Waals surface area contributed by atoms with Crippen molar-refractivity contribution in [3.8, 4) is 0 Å². The Morgan fingerprint density at radius 2 is 1.95 bits per heavy atom. The highest BCUT2D eigenvalue weighted by atomic mass is 16.6. The summed E-state index contributed by atoms with van der Waals surface area (Å²) in [6, 6.07) is -0.559. The average molecular weight is 268 g/mol. The number of hydrogen-bond acceptors (Lipinski definition) is 3. The molecule has 1 aliphatic heterocycles. The molecule has 108 valence electrons. The van der Waals surface area contributed by atoms with Gasteiger partial charge in [0.2, 0.25) is 0 Å². The number of hydrogen-bond donors (Lipinski definition) is 0. The smallest absolute Gasteiger partial charge is 0.411 e. The lowest BCUT2D eigenvalue weighted by atomic mass is 9.86. The molecule has 0 saturated carbocycles. The van der Waals surface area contributed by atoms with E-state index in [2.05, 4.69) is 11.7 Å². The first-order valence-corrected chi connectivity index (χ1v) is 6.61. The quantitative estimate of drug-likeness (QED) is 0.687. The second kappa shape index (κ2) is 5.31. The minimum absolute atomic E-state index is 0.362. The van der Waals surface area contributed by atoms with Gasteiger partial charge >= 0.3 is 6.09 Å². The fourth-order valence-corrected chi connectivity index (χ4v) is 2.42. The Kier molecular flexibility index (Phi) is 4.38. The minimum atomic E-state index is -0.584. The van der Waals surface area contributed by atoms with Crippen LogP contribution in [0.3, 0.4) is 0 Å². The average Bonchev–Trinajstić information content (AvgIpc) is 2.23. The van der Waals surface area contributed by atoms with Crippen LogP contribution in [-0.2, 0) is 9.53 Å². The largest absolute Gasteiger partial charge is 0.444 e. The fourth-order valence-electron chi connectivity index (χ4n) is 2.42. The normalized spacial score (nSPS) is 22.8. The number of aliphatic imine (C=N–C) groups is 1. The van der Waals surface area contributed by atoms with Crippen LogP contribution < -0.4 is 0 Å². The molecule has 0 aromatic carbocycles. The molecule has 0 N–H and O–H groups in total. The molecule has 1 fully saturated rings. The van der Waals surface area contributed by atoms with Gasteiger partial charge in [-0.15, -0.1) is 0 Å². The van der Waals surface area contributed by atoms with Crippen molar-refractivity contribution >= 4 is 18.7 Å². The Bertz CT molecular complexity index is 383. The molecular formula is C14H24N2O3. The predicted molar refractivity (Wildman–Crippen MR) is 74.3 cm³/mol. The van der Waals surface area contributed by atoms with Gasteiger partial charge in [-0.1, -0.05) is 0 Å². The summed E-state index contributed by atoms with van der Waals surface area (Å²) in [4.78, 5) is 29.2. The maximum Gasteiger partial charge on any atom is 0.411 e. The van der Waals surface area contributed by atoms with Crippen LogP contribution in [-0.4, -0.2) is 40.8 Å². The van der Waals surface area contributed by atoms with Gasteiger partial charge in [0.15, 0.2) is 0 Å². The summed E-state index contributed by atoms with van der Waals surface area (Å²) in [6.07, 6.45) is 1.88. The van der Waals surface area contributed by atoms with Crippen LogP contribution >= 0.6 is 0 Å². The van der Waals surface area contributed by atoms with E-state index in [1.807, 2.05) is 34.6 Å². The molecule has 1 rings (SSSR count). The number of carbonyl (C=O) groups excluding carboxylic acids is 2. The van der Waals surface area contributed by atoms with Gasteiger partial charge in [0.25, 0.3) is 5.91 Å². The van der Waals surface area contributed by atoms with Crippen molar-refractivity contribution in [2.24, 2.45) is 4.99 Å². The van der Waals surface area contributed by atoms with Crippen LogP contribution in [0.4, 0.5) is 4.79 Å². The monoisotopic (exact) mass is 268 g/mol. The van der Waals surface area contributed by atoms with Crippen LogP contribution in [0.1, 0.15) is 53.9 Å². The van der Waals surface area contributed by atoms with E-state index in [1.165, 1.54) is 4.90 Å². The minimum Gasteiger partial charge on any atom is -0.444 e. The van der Waals surface area contributed by atoms with Crippen molar-refractivity contribution in [2.75, 3.05) is 0 Å². The molecule has 5 heteroatoms. The molecule has 1 unspecified atom stereocenters. The molecular weight excluding hydrogens is 244 g/mol. The van der Waals surface area contributed by atoms with E-state index in [-0.39, 0.29) is 5.91 Å². The number of ether oxygens (including phenoxy) is 1. The Labute approximate surface area is 115 Å². The number of nitrogens with zero attached hydrogens (tertiary/aromatic N) is 2. The molecule has 1 heterocycles. The van der Waals surface area contributed by atoms with Gasteiger partial charge < -0.3 is 4.74 Å². The molecule has 1 aliphatic rings. The van der Waals surface area contributed by atoms with Crippen molar-refractivity contribution in [3.63, 3.8) is 0 Å². The van der Waals surface area contributed by atoms with E-state index in [1.54, 1.807) is 0 Å². The third-order valence-electron chi connectivity index (χ3n) is 3.26. The van der Waals surface area contributed by atoms with Crippen molar-refractivity contribution in [3.05, 3.63) is 0 Å². The number of rotatable bonds is 1. The maximum atomic E-state index is 12.3. The zero-order chi connectivity index (χ0) is 14.8. The fraction of sp³-hybridized carbons (Fsp3) is 0.786. The van der Waals surface area contributed by atoms with Crippen molar-refractivity contribution in [1.82, 2.24) is 4.90 Å². The number of amides is 2. The van der Waals surface area contributed by atoms with Crippen LogP contribution in [0.5, 0.6) is 0 Å². The first-order chi connectivity index (χ1) is 8.58.